The number of carbonyl (C=O) groups excluding carboxylic acids is 2. The van der Waals surface area contributed by atoms with Crippen molar-refractivity contribution < 1.29 is 26.9 Å². The number of benzene rings is 3. The number of carbonyl (C=O) groups is 2. The predicted octanol–water partition coefficient (Wildman–Crippen LogP) is 6.61. The van der Waals surface area contributed by atoms with E-state index in [2.05, 4.69) is 0 Å². The number of rotatable bonds is 7. The Labute approximate surface area is 235 Å². The van der Waals surface area contributed by atoms with Crippen molar-refractivity contribution in [1.82, 2.24) is 4.90 Å². The van der Waals surface area contributed by atoms with Crippen LogP contribution in [-0.2, 0) is 21.5 Å². The molecule has 36 heavy (non-hydrogen) atoms. The smallest absolute Gasteiger partial charge is 0.339 e. The average molecular weight is 676 g/mol. The monoisotopic (exact) mass is 675 g/mol. The maximum atomic E-state index is 12.9. The topological polar surface area (TPSA) is 90.0 Å². The van der Waals surface area contributed by atoms with Crippen LogP contribution in [0.2, 0.25) is 10.0 Å². The minimum atomic E-state index is -4.15. The van der Waals surface area contributed by atoms with Gasteiger partial charge in [-0.05, 0) is 100 Å². The summed E-state index contributed by atoms with van der Waals surface area (Å²) in [6.07, 6.45) is 1.55. The fraction of sp³-hybridized carbons (Fsp3) is 0.0833. The molecule has 0 radical (unpaired) electrons. The van der Waals surface area contributed by atoms with Gasteiger partial charge in [-0.25, -0.2) is 0 Å². The number of nitrogens with zero attached hydrogens (tertiary/aromatic N) is 1. The predicted molar refractivity (Wildman–Crippen MR) is 148 cm³/mol. The van der Waals surface area contributed by atoms with E-state index in [1.165, 1.54) is 37.4 Å². The summed E-state index contributed by atoms with van der Waals surface area (Å²) in [5.41, 5.74) is 1.30. The molecule has 0 aromatic heterocycles. The highest BCUT2D eigenvalue weighted by Crippen LogP contribution is 2.39. The Morgan fingerprint density at radius 1 is 1.00 bits per heavy atom. The number of imide groups is 1. The van der Waals surface area contributed by atoms with Gasteiger partial charge in [-0.15, -0.1) is 0 Å². The number of hydrogen-bond acceptors (Lipinski definition) is 7. The average Bonchev–Trinajstić information content (AvgIpc) is 3.09. The molecule has 1 aliphatic heterocycles. The molecule has 3 aromatic carbocycles. The number of ether oxygens (including phenoxy) is 1. The molecule has 0 atom stereocenters. The fourth-order valence-corrected chi connectivity index (χ4v) is 6.16. The molecular weight excluding hydrogens is 660 g/mol. The first kappa shape index (κ1) is 26.8. The first-order chi connectivity index (χ1) is 17.1. The summed E-state index contributed by atoms with van der Waals surface area (Å²) in [6, 6.07) is 15.6. The quantitative estimate of drug-likeness (QED) is 0.158. The molecule has 7 nitrogen and oxygen atoms in total. The SMILES string of the molecule is COc1cc(/C=C2\SC(=O)N(Cc3ccc(Cl)cc3)C2=O)cc(I)c1OS(=O)(=O)c1ccc(Cl)cc1. The van der Waals surface area contributed by atoms with Crippen LogP contribution in [0.3, 0.4) is 0 Å². The Kier molecular flexibility index (Phi) is 8.20. The third-order valence-corrected chi connectivity index (χ3v) is 8.42. The number of halogens is 3. The van der Waals surface area contributed by atoms with Crippen LogP contribution in [-0.4, -0.2) is 31.6 Å². The van der Waals surface area contributed by atoms with Gasteiger partial charge in [0, 0.05) is 10.0 Å². The molecule has 4 rings (SSSR count). The first-order valence-corrected chi connectivity index (χ1v) is 14.2. The number of thioether (sulfide) groups is 1. The zero-order valence-electron chi connectivity index (χ0n) is 18.4. The summed E-state index contributed by atoms with van der Waals surface area (Å²) in [4.78, 5) is 26.7. The minimum Gasteiger partial charge on any atom is -0.493 e. The van der Waals surface area contributed by atoms with Crippen LogP contribution in [0.25, 0.3) is 6.08 Å². The summed E-state index contributed by atoms with van der Waals surface area (Å²) in [6.45, 7) is 0.120. The Bertz CT molecular complexity index is 1480. The summed E-state index contributed by atoms with van der Waals surface area (Å²) in [5, 5.41) is 0.560. The first-order valence-electron chi connectivity index (χ1n) is 10.1. The molecule has 0 unspecified atom stereocenters. The molecule has 12 heteroatoms. The van der Waals surface area contributed by atoms with Crippen LogP contribution in [0.5, 0.6) is 11.5 Å². The molecule has 0 saturated carbocycles. The third-order valence-electron chi connectivity index (χ3n) is 4.97. The Balaban J connectivity index is 1.59. The zero-order chi connectivity index (χ0) is 26.0. The standard InChI is InChI=1S/C24H16Cl2INO6S2/c1-33-20-11-15(10-19(27)22(20)34-36(31,32)18-8-6-17(26)7-9-18)12-21-23(29)28(24(30)35-21)13-14-2-4-16(25)5-3-14/h2-12H,13H2,1H3/b21-12-. The van der Waals surface area contributed by atoms with Crippen LogP contribution < -0.4 is 8.92 Å². The summed E-state index contributed by atoms with van der Waals surface area (Å²) in [7, 11) is -2.78. The van der Waals surface area contributed by atoms with Crippen LogP contribution in [0, 0.1) is 3.57 Å². The molecule has 0 bridgehead atoms. The van der Waals surface area contributed by atoms with E-state index in [1.807, 2.05) is 22.6 Å². The normalized spacial score (nSPS) is 15.0. The number of methoxy groups -OCH3 is 1. The van der Waals surface area contributed by atoms with Gasteiger partial charge in [0.15, 0.2) is 11.5 Å². The largest absolute Gasteiger partial charge is 0.493 e. The van der Waals surface area contributed by atoms with Crippen molar-refractivity contribution in [2.75, 3.05) is 7.11 Å². The van der Waals surface area contributed by atoms with E-state index in [0.717, 1.165) is 22.2 Å². The summed E-state index contributed by atoms with van der Waals surface area (Å²) >= 11 is 14.5. The van der Waals surface area contributed by atoms with E-state index >= 15 is 0 Å². The van der Waals surface area contributed by atoms with Crippen molar-refractivity contribution in [1.29, 1.82) is 0 Å². The van der Waals surface area contributed by atoms with Crippen LogP contribution in [0.15, 0.2) is 70.5 Å². The summed E-state index contributed by atoms with van der Waals surface area (Å²) in [5.74, 6) is -0.285. The molecule has 186 valence electrons. The van der Waals surface area contributed by atoms with Crippen LogP contribution >= 0.6 is 57.6 Å². The summed E-state index contributed by atoms with van der Waals surface area (Å²) < 4.78 is 36.7. The van der Waals surface area contributed by atoms with E-state index < -0.39 is 21.3 Å². The number of hydrogen-bond donors (Lipinski definition) is 0. The van der Waals surface area contributed by atoms with Gasteiger partial charge in [0.1, 0.15) is 4.90 Å². The second kappa shape index (κ2) is 11.0. The van der Waals surface area contributed by atoms with E-state index in [9.17, 15) is 18.0 Å². The zero-order valence-corrected chi connectivity index (χ0v) is 23.7. The maximum absolute atomic E-state index is 12.9. The fourth-order valence-electron chi connectivity index (χ4n) is 3.22. The van der Waals surface area contributed by atoms with Gasteiger partial charge in [0.05, 0.1) is 22.1 Å². The lowest BCUT2D eigenvalue weighted by atomic mass is 10.1. The van der Waals surface area contributed by atoms with Crippen molar-refractivity contribution in [3.05, 3.63) is 90.3 Å². The molecule has 1 aliphatic rings. The second-order valence-electron chi connectivity index (χ2n) is 7.42. The highest BCUT2D eigenvalue weighted by molar-refractivity contribution is 14.1. The minimum absolute atomic E-state index is 0.000966. The number of amides is 2. The van der Waals surface area contributed by atoms with Crippen molar-refractivity contribution in [2.24, 2.45) is 0 Å². The van der Waals surface area contributed by atoms with Gasteiger partial charge in [-0.3, -0.25) is 14.5 Å². The molecule has 2 amide bonds. The molecule has 0 aliphatic carbocycles. The highest BCUT2D eigenvalue weighted by atomic mass is 127. The van der Waals surface area contributed by atoms with E-state index in [-0.39, 0.29) is 27.8 Å². The van der Waals surface area contributed by atoms with Crippen molar-refractivity contribution >= 4 is 84.9 Å². The van der Waals surface area contributed by atoms with Gasteiger partial charge >= 0.3 is 10.1 Å². The lowest BCUT2D eigenvalue weighted by Gasteiger charge is -2.14. The highest BCUT2D eigenvalue weighted by Gasteiger charge is 2.35. The molecular formula is C24H16Cl2INO6S2. The van der Waals surface area contributed by atoms with Gasteiger partial charge < -0.3 is 8.92 Å². The Morgan fingerprint density at radius 3 is 2.22 bits per heavy atom. The lowest BCUT2D eigenvalue weighted by molar-refractivity contribution is -0.123. The molecule has 0 N–H and O–H groups in total. The van der Waals surface area contributed by atoms with Crippen LogP contribution in [0.4, 0.5) is 4.79 Å². The molecule has 3 aromatic rings. The van der Waals surface area contributed by atoms with Crippen molar-refractivity contribution in [2.45, 2.75) is 11.4 Å². The third kappa shape index (κ3) is 6.00. The van der Waals surface area contributed by atoms with Crippen molar-refractivity contribution in [3.63, 3.8) is 0 Å². The molecule has 0 spiro atoms. The Morgan fingerprint density at radius 2 is 1.61 bits per heavy atom. The van der Waals surface area contributed by atoms with Gasteiger partial charge in [-0.2, -0.15) is 8.42 Å². The van der Waals surface area contributed by atoms with Gasteiger partial charge in [-0.1, -0.05) is 35.3 Å². The molecule has 1 saturated heterocycles. The van der Waals surface area contributed by atoms with E-state index in [4.69, 9.17) is 32.1 Å². The molecule has 1 heterocycles. The lowest BCUT2D eigenvalue weighted by Crippen LogP contribution is -2.27. The van der Waals surface area contributed by atoms with Crippen LogP contribution in [0.1, 0.15) is 11.1 Å². The Hall–Kier alpha value is -2.25. The van der Waals surface area contributed by atoms with Gasteiger partial charge in [0.25, 0.3) is 11.1 Å². The van der Waals surface area contributed by atoms with E-state index in [1.54, 1.807) is 36.4 Å². The van der Waals surface area contributed by atoms with Crippen molar-refractivity contribution in [3.8, 4) is 11.5 Å². The van der Waals surface area contributed by atoms with E-state index in [0.29, 0.717) is 19.2 Å². The molecule has 1 fully saturated rings. The second-order valence-corrected chi connectivity index (χ2v) is 12.0. The maximum Gasteiger partial charge on any atom is 0.339 e. The van der Waals surface area contributed by atoms with Gasteiger partial charge in [0.2, 0.25) is 0 Å².